The summed E-state index contributed by atoms with van der Waals surface area (Å²) < 4.78 is 13.6. The van der Waals surface area contributed by atoms with Crippen molar-refractivity contribution in [2.75, 3.05) is 30.9 Å². The average molecular weight is 449 g/mol. The third-order valence-electron chi connectivity index (χ3n) is 5.63. The van der Waals surface area contributed by atoms with E-state index < -0.39 is 29.5 Å². The van der Waals surface area contributed by atoms with Crippen LogP contribution in [0.4, 0.5) is 15.8 Å². The minimum Gasteiger partial charge on any atom is -0.368 e. The number of carbonyl (C=O) groups is 3. The molecule has 0 saturated heterocycles. The van der Waals surface area contributed by atoms with Gasteiger partial charge in [-0.05, 0) is 29.8 Å². The molecule has 3 rings (SSSR count). The molecular formula is C24H24FN5O3. The number of ketones is 1. The fourth-order valence-electron chi connectivity index (χ4n) is 3.98. The zero-order valence-corrected chi connectivity index (χ0v) is 18.6. The number of nitrogens with zero attached hydrogens (tertiary/aromatic N) is 4. The third-order valence-corrected chi connectivity index (χ3v) is 5.63. The monoisotopic (exact) mass is 449 g/mol. The number of benzene rings is 2. The minimum atomic E-state index is -1.18. The van der Waals surface area contributed by atoms with Gasteiger partial charge in [0, 0.05) is 34.0 Å². The fourth-order valence-corrected chi connectivity index (χ4v) is 3.98. The van der Waals surface area contributed by atoms with Crippen molar-refractivity contribution < 1.29 is 18.8 Å². The number of allylic oxidation sites excluding steroid dienone is 1. The molecule has 33 heavy (non-hydrogen) atoms. The second-order valence-electron chi connectivity index (χ2n) is 7.70. The number of primary amides is 1. The summed E-state index contributed by atoms with van der Waals surface area (Å²) >= 11 is 0. The topological polar surface area (TPSA) is 111 Å². The van der Waals surface area contributed by atoms with E-state index >= 15 is 0 Å². The summed E-state index contributed by atoms with van der Waals surface area (Å²) in [5, 5.41) is 9.71. The van der Waals surface area contributed by atoms with Gasteiger partial charge in [-0.15, -0.1) is 0 Å². The Morgan fingerprint density at radius 1 is 1.06 bits per heavy atom. The van der Waals surface area contributed by atoms with Crippen LogP contribution < -0.4 is 15.5 Å². The number of nitriles is 1. The normalized spacial score (nSPS) is 13.2. The van der Waals surface area contributed by atoms with Crippen LogP contribution in [0.25, 0.3) is 0 Å². The van der Waals surface area contributed by atoms with Gasteiger partial charge >= 0.3 is 0 Å². The first-order valence-electron chi connectivity index (χ1n) is 10.2. The molecule has 170 valence electrons. The molecule has 2 N–H and O–H groups in total. The molecule has 0 fully saturated rings. The number of carbonyl (C=O) groups excluding carboxylic acids is 3. The molecule has 8 nitrogen and oxygen atoms in total. The molecular weight excluding hydrogens is 425 g/mol. The second-order valence-corrected chi connectivity index (χ2v) is 7.70. The first kappa shape index (κ1) is 23.5. The Balaban J connectivity index is 1.77. The van der Waals surface area contributed by atoms with Crippen molar-refractivity contribution in [3.8, 4) is 6.07 Å². The number of hydrogen-bond acceptors (Lipinski definition) is 6. The Hall–Kier alpha value is -4.19. The van der Waals surface area contributed by atoms with E-state index in [4.69, 9.17) is 5.73 Å². The van der Waals surface area contributed by atoms with Crippen LogP contribution in [-0.4, -0.2) is 43.6 Å². The summed E-state index contributed by atoms with van der Waals surface area (Å²) in [6.07, 6.45) is -0.477. The zero-order valence-electron chi connectivity index (χ0n) is 18.6. The number of hydrogen-bond donors (Lipinski definition) is 1. The first-order valence-corrected chi connectivity index (χ1v) is 10.2. The predicted molar refractivity (Wildman–Crippen MR) is 121 cm³/mol. The van der Waals surface area contributed by atoms with Gasteiger partial charge in [0.15, 0.2) is 5.78 Å². The zero-order chi connectivity index (χ0) is 24.3. The molecule has 1 aliphatic rings. The van der Waals surface area contributed by atoms with Crippen LogP contribution in [0.1, 0.15) is 24.4 Å². The number of fused-ring (bicyclic) bond motifs is 1. The highest BCUT2D eigenvalue weighted by Gasteiger charge is 2.32. The Labute approximate surface area is 191 Å². The van der Waals surface area contributed by atoms with Crippen LogP contribution in [0, 0.1) is 17.1 Å². The van der Waals surface area contributed by atoms with E-state index in [0.29, 0.717) is 5.82 Å². The van der Waals surface area contributed by atoms with Gasteiger partial charge in [0.05, 0.1) is 11.4 Å². The van der Waals surface area contributed by atoms with E-state index in [1.54, 1.807) is 23.9 Å². The van der Waals surface area contributed by atoms with Crippen molar-refractivity contribution in [1.82, 2.24) is 4.90 Å². The van der Waals surface area contributed by atoms with Crippen molar-refractivity contribution >= 4 is 29.0 Å². The third kappa shape index (κ3) is 4.55. The molecule has 1 aliphatic heterocycles. The highest BCUT2D eigenvalue weighted by atomic mass is 19.1. The number of amides is 2. The lowest BCUT2D eigenvalue weighted by Crippen LogP contribution is -2.39. The Morgan fingerprint density at radius 3 is 2.18 bits per heavy atom. The summed E-state index contributed by atoms with van der Waals surface area (Å²) in [7, 11) is 4.89. The molecule has 1 atom stereocenters. The molecule has 9 heteroatoms. The highest BCUT2D eigenvalue weighted by Crippen LogP contribution is 2.40. The molecule has 2 aromatic carbocycles. The van der Waals surface area contributed by atoms with Crippen LogP contribution in [0.15, 0.2) is 59.9 Å². The van der Waals surface area contributed by atoms with Gasteiger partial charge in [0.2, 0.25) is 11.8 Å². The van der Waals surface area contributed by atoms with Gasteiger partial charge in [0.25, 0.3) is 0 Å². The molecule has 0 aliphatic carbocycles. The summed E-state index contributed by atoms with van der Waals surface area (Å²) in [5.74, 6) is -1.99. The fraction of sp³-hybridized carbons (Fsp3) is 0.250. The van der Waals surface area contributed by atoms with Crippen LogP contribution in [0.5, 0.6) is 0 Å². The number of Topliss-reactive ketones (excluding diaryl/α,β-unsaturated/α-hetero) is 1. The smallest absolute Gasteiger partial charge is 0.244 e. The lowest BCUT2D eigenvalue weighted by molar-refractivity contribution is -0.138. The van der Waals surface area contributed by atoms with Crippen LogP contribution in [0.2, 0.25) is 0 Å². The number of para-hydroxylation sites is 2. The summed E-state index contributed by atoms with van der Waals surface area (Å²) in [6, 6.07) is 13.5. The number of anilines is 2. The number of likely N-dealkylation sites (N-methyl/N-ethyl adjacent to an activating group) is 1. The lowest BCUT2D eigenvalue weighted by atomic mass is 10.0. The van der Waals surface area contributed by atoms with E-state index in [1.807, 2.05) is 30.3 Å². The lowest BCUT2D eigenvalue weighted by Gasteiger charge is -2.26. The minimum absolute atomic E-state index is 0.0664. The van der Waals surface area contributed by atoms with E-state index in [-0.39, 0.29) is 24.0 Å². The van der Waals surface area contributed by atoms with Gasteiger partial charge in [-0.1, -0.05) is 24.3 Å². The maximum atomic E-state index is 13.6. The maximum Gasteiger partial charge on any atom is 0.244 e. The molecule has 0 bridgehead atoms. The standard InChI is InChI=1S/C24H24FN5O3/c1-28-18-9-4-5-10-19(18)29(2)24(28)17(14-26)20(31)11-12-21(32)30(3)22(23(27)33)15-7-6-8-16(25)13-15/h4-10,13,22H,11-12H2,1-3H3,(H2,27,33). The van der Waals surface area contributed by atoms with Gasteiger partial charge < -0.3 is 20.4 Å². The second kappa shape index (κ2) is 9.53. The van der Waals surface area contributed by atoms with Crippen LogP contribution >= 0.6 is 0 Å². The van der Waals surface area contributed by atoms with Crippen molar-refractivity contribution in [3.63, 3.8) is 0 Å². The van der Waals surface area contributed by atoms with Crippen LogP contribution in [0.3, 0.4) is 0 Å². The summed E-state index contributed by atoms with van der Waals surface area (Å²) in [6.45, 7) is 0. The Morgan fingerprint density at radius 2 is 1.67 bits per heavy atom. The van der Waals surface area contributed by atoms with E-state index in [9.17, 15) is 24.0 Å². The molecule has 0 spiro atoms. The SMILES string of the molecule is CN1C(=C(C#N)C(=O)CCC(=O)N(C)C(C(N)=O)c2cccc(F)c2)N(C)c2ccccc21. The molecule has 2 aromatic rings. The van der Waals surface area contributed by atoms with Gasteiger partial charge in [-0.2, -0.15) is 5.26 Å². The van der Waals surface area contributed by atoms with Crippen LogP contribution in [-0.2, 0) is 14.4 Å². The van der Waals surface area contributed by atoms with Gasteiger partial charge in [-0.25, -0.2) is 4.39 Å². The maximum absolute atomic E-state index is 13.6. The number of nitrogens with two attached hydrogens (primary N) is 1. The Bertz CT molecular complexity index is 1160. The molecule has 2 amide bonds. The number of halogens is 1. The van der Waals surface area contributed by atoms with Gasteiger partial charge in [0.1, 0.15) is 29.3 Å². The highest BCUT2D eigenvalue weighted by molar-refractivity contribution is 6.03. The van der Waals surface area contributed by atoms with E-state index in [0.717, 1.165) is 22.3 Å². The quantitative estimate of drug-likeness (QED) is 0.514. The molecule has 0 radical (unpaired) electrons. The summed E-state index contributed by atoms with van der Waals surface area (Å²) in [5.41, 5.74) is 7.33. The Kier molecular flexibility index (Phi) is 6.78. The average Bonchev–Trinajstić information content (AvgIpc) is 3.03. The largest absolute Gasteiger partial charge is 0.368 e. The van der Waals surface area contributed by atoms with Crippen molar-refractivity contribution in [1.29, 1.82) is 5.26 Å². The van der Waals surface area contributed by atoms with Crippen molar-refractivity contribution in [2.24, 2.45) is 5.73 Å². The molecule has 1 unspecified atom stereocenters. The molecule has 1 heterocycles. The molecule has 0 saturated carbocycles. The van der Waals surface area contributed by atoms with Crippen molar-refractivity contribution in [2.45, 2.75) is 18.9 Å². The summed E-state index contributed by atoms with van der Waals surface area (Å²) in [4.78, 5) is 42.2. The first-order chi connectivity index (χ1) is 15.7. The van der Waals surface area contributed by atoms with Crippen molar-refractivity contribution in [3.05, 3.63) is 71.3 Å². The van der Waals surface area contributed by atoms with E-state index in [1.165, 1.54) is 25.2 Å². The predicted octanol–water partition coefficient (Wildman–Crippen LogP) is 2.48. The van der Waals surface area contributed by atoms with Gasteiger partial charge in [-0.3, -0.25) is 14.4 Å². The number of rotatable bonds is 7. The van der Waals surface area contributed by atoms with E-state index in [2.05, 4.69) is 0 Å². The molecule has 0 aromatic heterocycles.